The molecule has 0 aromatic carbocycles. The van der Waals surface area contributed by atoms with Crippen LogP contribution >= 0.6 is 0 Å². The van der Waals surface area contributed by atoms with Gasteiger partial charge in [0.05, 0.1) is 6.10 Å². The van der Waals surface area contributed by atoms with E-state index in [4.69, 9.17) is 10.2 Å². The van der Waals surface area contributed by atoms with Crippen LogP contribution < -0.4 is 5.73 Å². The van der Waals surface area contributed by atoms with Gasteiger partial charge in [-0.15, -0.1) is 0 Å². The van der Waals surface area contributed by atoms with Crippen molar-refractivity contribution in [3.63, 3.8) is 0 Å². The fourth-order valence-electron chi connectivity index (χ4n) is 0.728. The second kappa shape index (κ2) is 3.90. The van der Waals surface area contributed by atoms with E-state index in [-0.39, 0.29) is 11.1 Å². The van der Waals surface area contributed by atoms with Crippen LogP contribution in [0.1, 0.15) is 27.7 Å². The average molecular weight is 189 g/mol. The summed E-state index contributed by atoms with van der Waals surface area (Å²) < 4.78 is 5.97. The molecule has 0 aromatic heterocycles. The summed E-state index contributed by atoms with van der Waals surface area (Å²) in [5.41, 5.74) is 5.52. The van der Waals surface area contributed by atoms with Crippen LogP contribution in [0.4, 0.5) is 0 Å². The maximum atomic E-state index is 5.97. The highest BCUT2D eigenvalue weighted by atomic mass is 28.4. The zero-order chi connectivity index (χ0) is 9.99. The van der Waals surface area contributed by atoms with Crippen LogP contribution in [0.15, 0.2) is 0 Å². The molecule has 0 aliphatic heterocycles. The van der Waals surface area contributed by atoms with Gasteiger partial charge in [0, 0.05) is 6.54 Å². The van der Waals surface area contributed by atoms with Gasteiger partial charge in [-0.25, -0.2) is 0 Å². The molecule has 2 N–H and O–H groups in total. The number of rotatable bonds is 3. The number of hydrogen-bond donors (Lipinski definition) is 1. The van der Waals surface area contributed by atoms with Crippen LogP contribution in [0, 0.1) is 0 Å². The fourth-order valence-corrected chi connectivity index (χ4v) is 2.18. The van der Waals surface area contributed by atoms with E-state index in [0.29, 0.717) is 6.54 Å². The first-order chi connectivity index (χ1) is 5.20. The van der Waals surface area contributed by atoms with E-state index in [9.17, 15) is 0 Å². The molecule has 0 bridgehead atoms. The monoisotopic (exact) mass is 189 g/mol. The summed E-state index contributed by atoms with van der Waals surface area (Å²) in [7, 11) is -1.57. The summed E-state index contributed by atoms with van der Waals surface area (Å²) in [6, 6.07) is 0. The molecule has 1 atom stereocenters. The van der Waals surface area contributed by atoms with Crippen molar-refractivity contribution in [3.8, 4) is 0 Å². The quantitative estimate of drug-likeness (QED) is 0.692. The summed E-state index contributed by atoms with van der Waals surface area (Å²) in [6.45, 7) is 13.9. The minimum absolute atomic E-state index is 0.200. The first kappa shape index (κ1) is 12.1. The minimum Gasteiger partial charge on any atom is -0.413 e. The smallest absolute Gasteiger partial charge is 0.192 e. The summed E-state index contributed by atoms with van der Waals surface area (Å²) in [5.74, 6) is 0. The standard InChI is InChI=1S/C9H23NOSi/c1-8(7-10)11-12(5,6)9(2,3)4/h8H,7,10H2,1-6H3/t8-/m1/s1. The molecule has 74 valence electrons. The molecule has 2 nitrogen and oxygen atoms in total. The van der Waals surface area contributed by atoms with Gasteiger partial charge >= 0.3 is 0 Å². The van der Waals surface area contributed by atoms with Crippen molar-refractivity contribution < 1.29 is 4.43 Å². The Morgan fingerprint density at radius 1 is 1.33 bits per heavy atom. The van der Waals surface area contributed by atoms with Crippen LogP contribution in [0.25, 0.3) is 0 Å². The van der Waals surface area contributed by atoms with Gasteiger partial charge in [0.2, 0.25) is 0 Å². The zero-order valence-corrected chi connectivity index (χ0v) is 10.3. The number of nitrogens with two attached hydrogens (primary N) is 1. The molecule has 0 aliphatic rings. The Kier molecular flexibility index (Phi) is 3.94. The third-order valence-electron chi connectivity index (χ3n) is 2.63. The molecule has 0 fully saturated rings. The molecule has 0 saturated heterocycles. The Morgan fingerprint density at radius 2 is 1.75 bits per heavy atom. The first-order valence-electron chi connectivity index (χ1n) is 4.58. The van der Waals surface area contributed by atoms with E-state index in [1.54, 1.807) is 0 Å². The predicted octanol–water partition coefficient (Wildman–Crippen LogP) is 2.36. The van der Waals surface area contributed by atoms with Gasteiger partial charge in [0.15, 0.2) is 8.32 Å². The topological polar surface area (TPSA) is 35.2 Å². The van der Waals surface area contributed by atoms with Crippen LogP contribution in [0.3, 0.4) is 0 Å². The highest BCUT2D eigenvalue weighted by Gasteiger charge is 2.38. The lowest BCUT2D eigenvalue weighted by Gasteiger charge is -2.38. The van der Waals surface area contributed by atoms with E-state index in [2.05, 4.69) is 33.9 Å². The van der Waals surface area contributed by atoms with Gasteiger partial charge in [-0.1, -0.05) is 20.8 Å². The fraction of sp³-hybridized carbons (Fsp3) is 1.00. The summed E-state index contributed by atoms with van der Waals surface area (Å²) in [4.78, 5) is 0. The first-order valence-corrected chi connectivity index (χ1v) is 7.49. The van der Waals surface area contributed by atoms with Crippen molar-refractivity contribution in [2.45, 2.75) is 51.9 Å². The van der Waals surface area contributed by atoms with Crippen LogP contribution in [0.5, 0.6) is 0 Å². The van der Waals surface area contributed by atoms with E-state index in [1.165, 1.54) is 0 Å². The highest BCUT2D eigenvalue weighted by molar-refractivity contribution is 6.74. The van der Waals surface area contributed by atoms with E-state index in [0.717, 1.165) is 0 Å². The van der Waals surface area contributed by atoms with Crippen molar-refractivity contribution in [1.82, 2.24) is 0 Å². The lowest BCUT2D eigenvalue weighted by molar-refractivity contribution is 0.206. The lowest BCUT2D eigenvalue weighted by atomic mass is 10.2. The molecule has 0 unspecified atom stereocenters. The van der Waals surface area contributed by atoms with Crippen molar-refractivity contribution >= 4 is 8.32 Å². The van der Waals surface area contributed by atoms with Crippen molar-refractivity contribution in [2.24, 2.45) is 5.73 Å². The Hall–Kier alpha value is 0.137. The lowest BCUT2D eigenvalue weighted by Crippen LogP contribution is -2.44. The Labute approximate surface area is 77.6 Å². The summed E-state index contributed by atoms with van der Waals surface area (Å²) in [5, 5.41) is 0.288. The van der Waals surface area contributed by atoms with E-state index < -0.39 is 8.32 Å². The predicted molar refractivity (Wildman–Crippen MR) is 56.8 cm³/mol. The summed E-state index contributed by atoms with van der Waals surface area (Å²) >= 11 is 0. The molecule has 0 saturated carbocycles. The SMILES string of the molecule is C[C@H](CN)O[Si](C)(C)C(C)(C)C. The molecular formula is C9H23NOSi. The van der Waals surface area contributed by atoms with Crippen LogP contribution in [0.2, 0.25) is 18.1 Å². The molecule has 3 heteroatoms. The average Bonchev–Trinajstić information content (AvgIpc) is 1.84. The van der Waals surface area contributed by atoms with E-state index >= 15 is 0 Å². The van der Waals surface area contributed by atoms with Gasteiger partial charge in [0.1, 0.15) is 0 Å². The zero-order valence-electron chi connectivity index (χ0n) is 9.27. The third kappa shape index (κ3) is 3.25. The largest absolute Gasteiger partial charge is 0.413 e. The Balaban J connectivity index is 4.22. The van der Waals surface area contributed by atoms with Gasteiger partial charge in [0.25, 0.3) is 0 Å². The Bertz CT molecular complexity index is 140. The molecule has 0 heterocycles. The van der Waals surface area contributed by atoms with Crippen molar-refractivity contribution in [3.05, 3.63) is 0 Å². The van der Waals surface area contributed by atoms with Crippen LogP contribution in [-0.4, -0.2) is 21.0 Å². The third-order valence-corrected chi connectivity index (χ3v) is 7.24. The molecule has 0 amide bonds. The molecule has 12 heavy (non-hydrogen) atoms. The normalized spacial score (nSPS) is 16.2. The molecule has 0 spiro atoms. The van der Waals surface area contributed by atoms with Crippen molar-refractivity contribution in [2.75, 3.05) is 6.54 Å². The van der Waals surface area contributed by atoms with Gasteiger partial charge in [-0.05, 0) is 25.1 Å². The van der Waals surface area contributed by atoms with Crippen LogP contribution in [-0.2, 0) is 4.43 Å². The molecule has 0 rings (SSSR count). The molecular weight excluding hydrogens is 166 g/mol. The second-order valence-corrected chi connectivity index (χ2v) is 9.68. The summed E-state index contributed by atoms with van der Waals surface area (Å²) in [6.07, 6.45) is 0.200. The van der Waals surface area contributed by atoms with Gasteiger partial charge < -0.3 is 10.2 Å². The maximum Gasteiger partial charge on any atom is 0.192 e. The van der Waals surface area contributed by atoms with E-state index in [1.807, 2.05) is 6.92 Å². The molecule has 0 radical (unpaired) electrons. The highest BCUT2D eigenvalue weighted by Crippen LogP contribution is 2.37. The second-order valence-electron chi connectivity index (χ2n) is 4.92. The van der Waals surface area contributed by atoms with Gasteiger partial charge in [-0.2, -0.15) is 0 Å². The van der Waals surface area contributed by atoms with Crippen molar-refractivity contribution in [1.29, 1.82) is 0 Å². The Morgan fingerprint density at radius 3 is 2.00 bits per heavy atom. The molecule has 0 aromatic rings. The minimum atomic E-state index is -1.57. The van der Waals surface area contributed by atoms with Gasteiger partial charge in [-0.3, -0.25) is 0 Å². The maximum absolute atomic E-state index is 5.97. The molecule has 0 aliphatic carbocycles. The number of hydrogen-bond acceptors (Lipinski definition) is 2.